The fraction of sp³-hybridized carbons (Fsp3) is 0.600. The standard InChI is InChI=1S/C20H27FN4O2/c1-23-12-18(26)25(17-8-4-5-15(21)11-17)14-20(23)9-10-24(13-20)19(27)22-16-6-2-3-7-16/h4-5,8,11,16H,2-3,6-7,9-10,12-14H2,1H3,(H,22,27)/t20-/m1/s1. The van der Waals surface area contributed by atoms with Gasteiger partial charge in [-0.1, -0.05) is 18.9 Å². The molecule has 1 N–H and O–H groups in total. The van der Waals surface area contributed by atoms with E-state index in [1.54, 1.807) is 17.0 Å². The van der Waals surface area contributed by atoms with Crippen LogP contribution >= 0.6 is 0 Å². The molecule has 7 heteroatoms. The second-order valence-corrected chi connectivity index (χ2v) is 8.14. The van der Waals surface area contributed by atoms with Gasteiger partial charge in [-0.25, -0.2) is 9.18 Å². The monoisotopic (exact) mass is 374 g/mol. The van der Waals surface area contributed by atoms with Gasteiger partial charge in [0.2, 0.25) is 5.91 Å². The van der Waals surface area contributed by atoms with Crippen molar-refractivity contribution in [2.45, 2.75) is 43.7 Å². The second-order valence-electron chi connectivity index (χ2n) is 8.14. The van der Waals surface area contributed by atoms with Crippen molar-refractivity contribution in [1.29, 1.82) is 0 Å². The maximum Gasteiger partial charge on any atom is 0.317 e. The minimum Gasteiger partial charge on any atom is -0.335 e. The third-order valence-electron chi connectivity index (χ3n) is 6.36. The first-order valence-electron chi connectivity index (χ1n) is 9.79. The highest BCUT2D eigenvalue weighted by atomic mass is 19.1. The van der Waals surface area contributed by atoms with Gasteiger partial charge in [-0.15, -0.1) is 0 Å². The van der Waals surface area contributed by atoms with Crippen LogP contribution in [0.2, 0.25) is 0 Å². The zero-order valence-corrected chi connectivity index (χ0v) is 15.8. The van der Waals surface area contributed by atoms with Crippen LogP contribution in [-0.2, 0) is 4.79 Å². The maximum absolute atomic E-state index is 13.6. The number of piperazine rings is 1. The minimum absolute atomic E-state index is 0.00128. The SMILES string of the molecule is CN1CC(=O)N(c2cccc(F)c2)C[C@]12CCN(C(=O)NC1CCCC1)C2. The highest BCUT2D eigenvalue weighted by Gasteiger charge is 2.48. The zero-order valence-electron chi connectivity index (χ0n) is 15.8. The number of likely N-dealkylation sites (tertiary alicyclic amines) is 1. The number of rotatable bonds is 2. The summed E-state index contributed by atoms with van der Waals surface area (Å²) in [6.07, 6.45) is 5.30. The number of likely N-dealkylation sites (N-methyl/N-ethyl adjacent to an activating group) is 1. The molecule has 1 aliphatic carbocycles. The fourth-order valence-corrected chi connectivity index (χ4v) is 4.64. The first-order chi connectivity index (χ1) is 13.0. The number of hydrogen-bond acceptors (Lipinski definition) is 3. The summed E-state index contributed by atoms with van der Waals surface area (Å²) in [6.45, 7) is 2.00. The molecule has 3 fully saturated rings. The van der Waals surface area contributed by atoms with Gasteiger partial charge in [0, 0.05) is 31.4 Å². The Morgan fingerprint density at radius 2 is 2.04 bits per heavy atom. The minimum atomic E-state index is -0.350. The largest absolute Gasteiger partial charge is 0.335 e. The number of hydrogen-bond donors (Lipinski definition) is 1. The van der Waals surface area contributed by atoms with Gasteiger partial charge < -0.3 is 15.1 Å². The Hall–Kier alpha value is -2.15. The van der Waals surface area contributed by atoms with Gasteiger partial charge in [0.15, 0.2) is 0 Å². The molecule has 2 saturated heterocycles. The number of amides is 3. The van der Waals surface area contributed by atoms with Gasteiger partial charge >= 0.3 is 6.03 Å². The zero-order chi connectivity index (χ0) is 19.0. The predicted octanol–water partition coefficient (Wildman–Crippen LogP) is 2.20. The average Bonchev–Trinajstić information content (AvgIpc) is 3.29. The van der Waals surface area contributed by atoms with Crippen LogP contribution in [0.4, 0.5) is 14.9 Å². The molecule has 0 aromatic heterocycles. The number of carbonyl (C=O) groups excluding carboxylic acids is 2. The normalized spacial score (nSPS) is 27.0. The molecule has 0 bridgehead atoms. The number of halogens is 1. The van der Waals surface area contributed by atoms with E-state index in [4.69, 9.17) is 0 Å². The van der Waals surface area contributed by atoms with Crippen LogP contribution in [0.15, 0.2) is 24.3 Å². The highest BCUT2D eigenvalue weighted by molar-refractivity contribution is 5.96. The van der Waals surface area contributed by atoms with Crippen LogP contribution in [0, 0.1) is 5.82 Å². The first-order valence-corrected chi connectivity index (χ1v) is 9.79. The molecule has 2 aliphatic heterocycles. The quantitative estimate of drug-likeness (QED) is 0.864. The van der Waals surface area contributed by atoms with Crippen LogP contribution in [0.25, 0.3) is 0 Å². The summed E-state index contributed by atoms with van der Waals surface area (Å²) in [4.78, 5) is 30.8. The van der Waals surface area contributed by atoms with E-state index in [-0.39, 0.29) is 29.8 Å². The molecule has 1 spiro atoms. The van der Waals surface area contributed by atoms with E-state index in [2.05, 4.69) is 10.2 Å². The molecular formula is C20H27FN4O2. The van der Waals surface area contributed by atoms with E-state index >= 15 is 0 Å². The highest BCUT2D eigenvalue weighted by Crippen LogP contribution is 2.33. The molecule has 6 nitrogen and oxygen atoms in total. The number of carbonyl (C=O) groups is 2. The van der Waals surface area contributed by atoms with Crippen LogP contribution in [0.1, 0.15) is 32.1 Å². The Balaban J connectivity index is 1.48. The summed E-state index contributed by atoms with van der Waals surface area (Å²) < 4.78 is 13.6. The van der Waals surface area contributed by atoms with Gasteiger partial charge in [-0.05, 0) is 44.5 Å². The molecule has 1 aromatic rings. The lowest BCUT2D eigenvalue weighted by Gasteiger charge is -2.46. The van der Waals surface area contributed by atoms with Crippen molar-refractivity contribution in [2.75, 3.05) is 38.1 Å². The van der Waals surface area contributed by atoms with Crippen molar-refractivity contribution >= 4 is 17.6 Å². The third kappa shape index (κ3) is 3.52. The van der Waals surface area contributed by atoms with E-state index < -0.39 is 0 Å². The second kappa shape index (κ2) is 7.11. The molecule has 3 aliphatic rings. The van der Waals surface area contributed by atoms with E-state index in [9.17, 15) is 14.0 Å². The summed E-state index contributed by atoms with van der Waals surface area (Å²) in [7, 11) is 1.94. The van der Waals surface area contributed by atoms with Gasteiger partial charge in [-0.2, -0.15) is 0 Å². The number of benzene rings is 1. The number of anilines is 1. The van der Waals surface area contributed by atoms with Crippen molar-refractivity contribution in [1.82, 2.24) is 15.1 Å². The van der Waals surface area contributed by atoms with Crippen molar-refractivity contribution in [3.05, 3.63) is 30.1 Å². The fourth-order valence-electron chi connectivity index (χ4n) is 4.64. The number of nitrogens with zero attached hydrogens (tertiary/aromatic N) is 3. The molecule has 1 atom stereocenters. The molecule has 1 aromatic carbocycles. The maximum atomic E-state index is 13.6. The summed E-state index contributed by atoms with van der Waals surface area (Å²) >= 11 is 0. The van der Waals surface area contributed by atoms with E-state index in [0.29, 0.717) is 31.4 Å². The molecular weight excluding hydrogens is 347 g/mol. The molecule has 146 valence electrons. The van der Waals surface area contributed by atoms with Crippen LogP contribution in [0.5, 0.6) is 0 Å². The molecule has 2 heterocycles. The van der Waals surface area contributed by atoms with Crippen molar-refractivity contribution in [3.63, 3.8) is 0 Å². The molecule has 0 radical (unpaired) electrons. The number of nitrogens with one attached hydrogen (secondary N) is 1. The summed E-state index contributed by atoms with van der Waals surface area (Å²) in [5.41, 5.74) is 0.300. The van der Waals surface area contributed by atoms with Gasteiger partial charge in [0.25, 0.3) is 0 Å². The van der Waals surface area contributed by atoms with Gasteiger partial charge in [-0.3, -0.25) is 9.69 Å². The Bertz CT molecular complexity index is 736. The first kappa shape index (κ1) is 18.2. The Labute approximate surface area is 159 Å². The smallest absolute Gasteiger partial charge is 0.317 e. The summed E-state index contributed by atoms with van der Waals surface area (Å²) in [6, 6.07) is 6.46. The van der Waals surface area contributed by atoms with E-state index in [1.807, 2.05) is 11.9 Å². The molecule has 0 unspecified atom stereocenters. The van der Waals surface area contributed by atoms with Gasteiger partial charge in [0.1, 0.15) is 5.82 Å². The molecule has 27 heavy (non-hydrogen) atoms. The molecule has 1 saturated carbocycles. The Kier molecular flexibility index (Phi) is 4.80. The van der Waals surface area contributed by atoms with Crippen molar-refractivity contribution in [2.24, 2.45) is 0 Å². The lowest BCUT2D eigenvalue weighted by atomic mass is 9.92. The third-order valence-corrected chi connectivity index (χ3v) is 6.36. The van der Waals surface area contributed by atoms with E-state index in [1.165, 1.54) is 25.0 Å². The lowest BCUT2D eigenvalue weighted by Crippen LogP contribution is -2.64. The van der Waals surface area contributed by atoms with Crippen molar-refractivity contribution < 1.29 is 14.0 Å². The number of urea groups is 1. The van der Waals surface area contributed by atoms with Gasteiger partial charge in [0.05, 0.1) is 12.1 Å². The topological polar surface area (TPSA) is 55.9 Å². The van der Waals surface area contributed by atoms with Crippen LogP contribution in [-0.4, -0.2) is 66.5 Å². The summed E-state index contributed by atoms with van der Waals surface area (Å²) in [5, 5.41) is 3.16. The molecule has 4 rings (SSSR count). The Morgan fingerprint density at radius 1 is 1.26 bits per heavy atom. The van der Waals surface area contributed by atoms with Crippen molar-refractivity contribution in [3.8, 4) is 0 Å². The average molecular weight is 374 g/mol. The Morgan fingerprint density at radius 3 is 2.78 bits per heavy atom. The predicted molar refractivity (Wildman–Crippen MR) is 101 cm³/mol. The van der Waals surface area contributed by atoms with E-state index in [0.717, 1.165) is 19.3 Å². The lowest BCUT2D eigenvalue weighted by molar-refractivity contribution is -0.123. The molecule has 3 amide bonds. The van der Waals surface area contributed by atoms with Crippen LogP contribution in [0.3, 0.4) is 0 Å². The summed E-state index contributed by atoms with van der Waals surface area (Å²) in [5.74, 6) is -0.389. The van der Waals surface area contributed by atoms with Crippen LogP contribution < -0.4 is 10.2 Å².